The van der Waals surface area contributed by atoms with Gasteiger partial charge < -0.3 is 16.0 Å². The fourth-order valence-electron chi connectivity index (χ4n) is 1.35. The second kappa shape index (κ2) is 6.86. The van der Waals surface area contributed by atoms with Crippen molar-refractivity contribution in [3.63, 3.8) is 0 Å². The molecule has 0 aliphatic heterocycles. The van der Waals surface area contributed by atoms with Crippen molar-refractivity contribution in [2.45, 2.75) is 13.8 Å². The van der Waals surface area contributed by atoms with Crippen molar-refractivity contribution in [2.24, 2.45) is 0 Å². The third-order valence-corrected chi connectivity index (χ3v) is 2.47. The van der Waals surface area contributed by atoms with Gasteiger partial charge in [-0.1, -0.05) is 6.07 Å². The van der Waals surface area contributed by atoms with Crippen molar-refractivity contribution >= 4 is 34.9 Å². The predicted octanol–water partition coefficient (Wildman–Crippen LogP) is 2.31. The first-order valence-electron chi connectivity index (χ1n) is 5.58. The Morgan fingerprint density at radius 1 is 1.28 bits per heavy atom. The van der Waals surface area contributed by atoms with E-state index in [4.69, 9.17) is 11.6 Å². The molecule has 3 N–H and O–H groups in total. The summed E-state index contributed by atoms with van der Waals surface area (Å²) < 4.78 is 0. The molecule has 0 atom stereocenters. The minimum absolute atomic E-state index is 0.104. The molecule has 1 aromatic carbocycles. The number of amides is 3. The molecule has 3 amide bonds. The van der Waals surface area contributed by atoms with Crippen LogP contribution in [0.1, 0.15) is 12.5 Å². The summed E-state index contributed by atoms with van der Waals surface area (Å²) in [5.74, 6) is -0.386. The van der Waals surface area contributed by atoms with Crippen LogP contribution in [0.3, 0.4) is 0 Å². The van der Waals surface area contributed by atoms with Crippen molar-refractivity contribution in [2.75, 3.05) is 23.1 Å². The van der Waals surface area contributed by atoms with Gasteiger partial charge >= 0.3 is 6.03 Å². The number of rotatable bonds is 4. The van der Waals surface area contributed by atoms with Gasteiger partial charge in [-0.3, -0.25) is 4.79 Å². The molecule has 0 aliphatic carbocycles. The number of aryl methyl sites for hydroxylation is 1. The molecule has 0 radical (unpaired) electrons. The Kier molecular flexibility index (Phi) is 5.45. The van der Waals surface area contributed by atoms with Crippen molar-refractivity contribution in [3.05, 3.63) is 23.8 Å². The lowest BCUT2D eigenvalue weighted by atomic mass is 10.2. The maximum atomic E-state index is 11.4. The van der Waals surface area contributed by atoms with Crippen LogP contribution >= 0.6 is 11.6 Å². The zero-order valence-electron chi connectivity index (χ0n) is 10.3. The SMILES string of the molecule is CCNC(=O)Nc1ccc(C)c(NC(=O)CCl)c1. The average Bonchev–Trinajstić information content (AvgIpc) is 2.33. The van der Waals surface area contributed by atoms with Gasteiger partial charge in [0.05, 0.1) is 0 Å². The van der Waals surface area contributed by atoms with E-state index in [2.05, 4.69) is 16.0 Å². The number of hydrogen-bond acceptors (Lipinski definition) is 2. The van der Waals surface area contributed by atoms with Crippen molar-refractivity contribution in [1.82, 2.24) is 5.32 Å². The van der Waals surface area contributed by atoms with E-state index in [1.165, 1.54) is 0 Å². The summed E-state index contributed by atoms with van der Waals surface area (Å²) >= 11 is 5.43. The number of nitrogens with one attached hydrogen (secondary N) is 3. The summed E-state index contributed by atoms with van der Waals surface area (Å²) in [7, 11) is 0. The van der Waals surface area contributed by atoms with E-state index < -0.39 is 0 Å². The third-order valence-electron chi connectivity index (χ3n) is 2.23. The normalized spacial score (nSPS) is 9.72. The van der Waals surface area contributed by atoms with Crippen molar-refractivity contribution in [3.8, 4) is 0 Å². The first-order chi connectivity index (χ1) is 8.56. The lowest BCUT2D eigenvalue weighted by molar-refractivity contribution is -0.113. The van der Waals surface area contributed by atoms with Gasteiger partial charge in [-0.05, 0) is 31.5 Å². The minimum atomic E-state index is -0.282. The summed E-state index contributed by atoms with van der Waals surface area (Å²) in [6.45, 7) is 4.24. The van der Waals surface area contributed by atoms with Crippen LogP contribution in [-0.2, 0) is 4.79 Å². The van der Waals surface area contributed by atoms with Crippen LogP contribution in [0.5, 0.6) is 0 Å². The minimum Gasteiger partial charge on any atom is -0.338 e. The van der Waals surface area contributed by atoms with Crippen LogP contribution < -0.4 is 16.0 Å². The second-order valence-electron chi connectivity index (χ2n) is 3.70. The van der Waals surface area contributed by atoms with Gasteiger partial charge in [-0.25, -0.2) is 4.79 Å². The smallest absolute Gasteiger partial charge is 0.319 e. The van der Waals surface area contributed by atoms with Gasteiger partial charge in [0.15, 0.2) is 0 Å². The number of benzene rings is 1. The van der Waals surface area contributed by atoms with Crippen LogP contribution in [0.4, 0.5) is 16.2 Å². The molecule has 0 heterocycles. The Morgan fingerprint density at radius 3 is 2.61 bits per heavy atom. The first kappa shape index (κ1) is 14.3. The zero-order valence-corrected chi connectivity index (χ0v) is 11.1. The van der Waals surface area contributed by atoms with Crippen LogP contribution in [0.25, 0.3) is 0 Å². The van der Waals surface area contributed by atoms with E-state index in [0.29, 0.717) is 17.9 Å². The van der Waals surface area contributed by atoms with Crippen LogP contribution in [0, 0.1) is 6.92 Å². The van der Waals surface area contributed by atoms with E-state index in [1.54, 1.807) is 12.1 Å². The van der Waals surface area contributed by atoms with Gasteiger partial charge in [0.25, 0.3) is 0 Å². The average molecular weight is 270 g/mol. The summed E-state index contributed by atoms with van der Waals surface area (Å²) in [6, 6.07) is 4.98. The Morgan fingerprint density at radius 2 is 2.00 bits per heavy atom. The summed E-state index contributed by atoms with van der Waals surface area (Å²) in [5, 5.41) is 7.95. The lowest BCUT2D eigenvalue weighted by Gasteiger charge is -2.11. The van der Waals surface area contributed by atoms with E-state index in [-0.39, 0.29) is 17.8 Å². The molecular weight excluding hydrogens is 254 g/mol. The summed E-state index contributed by atoms with van der Waals surface area (Å²) in [6.07, 6.45) is 0. The number of halogens is 1. The van der Waals surface area contributed by atoms with Gasteiger partial charge in [0.1, 0.15) is 5.88 Å². The van der Waals surface area contributed by atoms with E-state index in [0.717, 1.165) is 5.56 Å². The number of urea groups is 1. The van der Waals surface area contributed by atoms with Gasteiger partial charge in [-0.15, -0.1) is 11.6 Å². The summed E-state index contributed by atoms with van der Waals surface area (Å²) in [5.41, 5.74) is 2.14. The fraction of sp³-hybridized carbons (Fsp3) is 0.333. The Balaban J connectivity index is 2.80. The molecule has 0 aromatic heterocycles. The number of hydrogen-bond donors (Lipinski definition) is 3. The molecule has 0 unspecified atom stereocenters. The van der Waals surface area contributed by atoms with E-state index >= 15 is 0 Å². The van der Waals surface area contributed by atoms with Crippen LogP contribution in [-0.4, -0.2) is 24.4 Å². The molecular formula is C12H16ClN3O2. The molecule has 0 fully saturated rings. The highest BCUT2D eigenvalue weighted by atomic mass is 35.5. The maximum Gasteiger partial charge on any atom is 0.319 e. The molecule has 5 nitrogen and oxygen atoms in total. The quantitative estimate of drug-likeness (QED) is 0.734. The largest absolute Gasteiger partial charge is 0.338 e. The second-order valence-corrected chi connectivity index (χ2v) is 3.96. The molecule has 1 aromatic rings. The fourth-order valence-corrected chi connectivity index (χ4v) is 1.42. The number of carbonyl (C=O) groups excluding carboxylic acids is 2. The van der Waals surface area contributed by atoms with Gasteiger partial charge in [0, 0.05) is 17.9 Å². The molecule has 1 rings (SSSR count). The predicted molar refractivity (Wildman–Crippen MR) is 73.2 cm³/mol. The molecule has 0 spiro atoms. The number of carbonyl (C=O) groups is 2. The molecule has 0 bridgehead atoms. The van der Waals surface area contributed by atoms with Crippen molar-refractivity contribution in [1.29, 1.82) is 0 Å². The first-order valence-corrected chi connectivity index (χ1v) is 6.11. The molecule has 0 saturated carbocycles. The third kappa shape index (κ3) is 4.25. The van der Waals surface area contributed by atoms with E-state index in [1.807, 2.05) is 19.9 Å². The Bertz CT molecular complexity index is 449. The summed E-state index contributed by atoms with van der Waals surface area (Å²) in [4.78, 5) is 22.6. The zero-order chi connectivity index (χ0) is 13.5. The highest BCUT2D eigenvalue weighted by Gasteiger charge is 2.06. The highest BCUT2D eigenvalue weighted by Crippen LogP contribution is 2.20. The monoisotopic (exact) mass is 269 g/mol. The maximum absolute atomic E-state index is 11.4. The van der Waals surface area contributed by atoms with Crippen LogP contribution in [0.2, 0.25) is 0 Å². The standard InChI is InChI=1S/C12H16ClN3O2/c1-3-14-12(18)15-9-5-4-8(2)10(6-9)16-11(17)7-13/h4-6H,3,7H2,1-2H3,(H,16,17)(H2,14,15,18). The van der Waals surface area contributed by atoms with E-state index in [9.17, 15) is 9.59 Å². The number of alkyl halides is 1. The Labute approximate surface area is 111 Å². The Hall–Kier alpha value is -1.75. The number of anilines is 2. The van der Waals surface area contributed by atoms with Crippen LogP contribution in [0.15, 0.2) is 18.2 Å². The van der Waals surface area contributed by atoms with Gasteiger partial charge in [0.2, 0.25) is 5.91 Å². The lowest BCUT2D eigenvalue weighted by Crippen LogP contribution is -2.28. The molecule has 0 saturated heterocycles. The van der Waals surface area contributed by atoms with Gasteiger partial charge in [-0.2, -0.15) is 0 Å². The molecule has 0 aliphatic rings. The molecule has 18 heavy (non-hydrogen) atoms. The highest BCUT2D eigenvalue weighted by molar-refractivity contribution is 6.29. The molecule has 6 heteroatoms. The van der Waals surface area contributed by atoms with Crippen molar-refractivity contribution < 1.29 is 9.59 Å². The topological polar surface area (TPSA) is 70.2 Å². The molecule has 98 valence electrons.